The quantitative estimate of drug-likeness (QED) is 0.669. The molecule has 0 saturated carbocycles. The predicted octanol–water partition coefficient (Wildman–Crippen LogP) is 3.30. The molecule has 0 fully saturated rings. The van der Waals surface area contributed by atoms with E-state index in [0.717, 1.165) is 4.47 Å². The summed E-state index contributed by atoms with van der Waals surface area (Å²) in [6.07, 6.45) is 3.52. The van der Waals surface area contributed by atoms with E-state index in [0.29, 0.717) is 23.1 Å². The minimum absolute atomic E-state index is 0.0195. The summed E-state index contributed by atoms with van der Waals surface area (Å²) in [5.74, 6) is 1.36. The third-order valence-corrected chi connectivity index (χ3v) is 3.23. The fourth-order valence-electron chi connectivity index (χ4n) is 1.57. The summed E-state index contributed by atoms with van der Waals surface area (Å²) in [4.78, 5) is 0. The molecule has 0 aliphatic heterocycles. The van der Waals surface area contributed by atoms with Crippen molar-refractivity contribution in [1.29, 1.82) is 5.41 Å². The van der Waals surface area contributed by atoms with Crippen LogP contribution < -0.4 is 10.5 Å². The number of nitrogens with two attached hydrogens (primary N) is 1. The normalized spacial score (nSPS) is 10.7. The largest absolute Gasteiger partial charge is 0.454 e. The van der Waals surface area contributed by atoms with E-state index in [2.05, 4.69) is 34.9 Å². The van der Waals surface area contributed by atoms with Crippen LogP contribution in [0.25, 0.3) is 0 Å². The highest BCUT2D eigenvalue weighted by Gasteiger charge is 2.07. The van der Waals surface area contributed by atoms with Crippen LogP contribution in [0.4, 0.5) is 0 Å². The van der Waals surface area contributed by atoms with Gasteiger partial charge in [-0.1, -0.05) is 0 Å². The van der Waals surface area contributed by atoms with Gasteiger partial charge in [-0.2, -0.15) is 5.10 Å². The molecule has 1 aromatic carbocycles. The van der Waals surface area contributed by atoms with Gasteiger partial charge in [0.05, 0.1) is 12.4 Å². The molecule has 5 nitrogen and oxygen atoms in total. The first-order chi connectivity index (χ1) is 8.97. The number of nitrogen functional groups attached to an aromatic ring is 1. The van der Waals surface area contributed by atoms with Crippen molar-refractivity contribution in [1.82, 2.24) is 9.78 Å². The van der Waals surface area contributed by atoms with Crippen molar-refractivity contribution in [3.63, 3.8) is 0 Å². The summed E-state index contributed by atoms with van der Waals surface area (Å²) in [6.45, 7) is 4.10. The van der Waals surface area contributed by atoms with Crippen LogP contribution in [0.15, 0.2) is 35.1 Å². The third kappa shape index (κ3) is 3.14. The number of ether oxygens (including phenoxy) is 1. The van der Waals surface area contributed by atoms with Gasteiger partial charge in [0.1, 0.15) is 11.6 Å². The maximum absolute atomic E-state index is 7.41. The van der Waals surface area contributed by atoms with Gasteiger partial charge in [0.15, 0.2) is 5.75 Å². The highest BCUT2D eigenvalue weighted by Crippen LogP contribution is 2.27. The Bertz CT molecular complexity index is 606. The van der Waals surface area contributed by atoms with Crippen molar-refractivity contribution in [3.8, 4) is 11.5 Å². The second kappa shape index (κ2) is 5.44. The molecule has 1 heterocycles. The van der Waals surface area contributed by atoms with Crippen LogP contribution in [-0.2, 0) is 0 Å². The number of halogens is 1. The van der Waals surface area contributed by atoms with Gasteiger partial charge in [-0.05, 0) is 48.0 Å². The highest BCUT2D eigenvalue weighted by atomic mass is 79.9. The van der Waals surface area contributed by atoms with Gasteiger partial charge in [0.2, 0.25) is 0 Å². The smallest absolute Gasteiger partial charge is 0.165 e. The molecule has 19 heavy (non-hydrogen) atoms. The number of nitrogens with zero attached hydrogens (tertiary/aromatic N) is 2. The van der Waals surface area contributed by atoms with E-state index in [1.807, 2.05) is 10.9 Å². The molecule has 0 bridgehead atoms. The van der Waals surface area contributed by atoms with Gasteiger partial charge >= 0.3 is 0 Å². The molecule has 0 amide bonds. The van der Waals surface area contributed by atoms with Gasteiger partial charge < -0.3 is 10.5 Å². The molecule has 1 aromatic heterocycles. The van der Waals surface area contributed by atoms with E-state index >= 15 is 0 Å². The standard InChI is InChI=1S/C13H15BrN4O/c1-8(2)18-7-10(6-17-18)19-9-3-4-11(13(15)16)12(14)5-9/h3-8H,1-2H3,(H3,15,16). The lowest BCUT2D eigenvalue weighted by molar-refractivity contribution is 0.477. The zero-order valence-corrected chi connectivity index (χ0v) is 12.3. The first kappa shape index (κ1) is 13.6. The molecule has 6 heteroatoms. The Morgan fingerprint density at radius 1 is 1.42 bits per heavy atom. The Morgan fingerprint density at radius 2 is 2.16 bits per heavy atom. The number of aromatic nitrogens is 2. The van der Waals surface area contributed by atoms with Gasteiger partial charge in [-0.3, -0.25) is 10.1 Å². The van der Waals surface area contributed by atoms with Crippen molar-refractivity contribution in [2.75, 3.05) is 0 Å². The number of benzene rings is 1. The number of hydrogen-bond acceptors (Lipinski definition) is 3. The minimum atomic E-state index is 0.0195. The van der Waals surface area contributed by atoms with Crippen LogP contribution in [-0.4, -0.2) is 15.6 Å². The average Bonchev–Trinajstić information content (AvgIpc) is 2.77. The van der Waals surface area contributed by atoms with Crippen molar-refractivity contribution in [2.45, 2.75) is 19.9 Å². The topological polar surface area (TPSA) is 76.9 Å². The predicted molar refractivity (Wildman–Crippen MR) is 77.8 cm³/mol. The zero-order valence-electron chi connectivity index (χ0n) is 10.7. The van der Waals surface area contributed by atoms with Gasteiger partial charge in [0.25, 0.3) is 0 Å². The molecule has 0 unspecified atom stereocenters. The molecule has 2 aromatic rings. The Morgan fingerprint density at radius 3 is 2.68 bits per heavy atom. The van der Waals surface area contributed by atoms with Crippen LogP contribution in [0.3, 0.4) is 0 Å². The van der Waals surface area contributed by atoms with Crippen molar-refractivity contribution in [2.24, 2.45) is 5.73 Å². The van der Waals surface area contributed by atoms with Crippen LogP contribution in [0.1, 0.15) is 25.5 Å². The van der Waals surface area contributed by atoms with Crippen molar-refractivity contribution < 1.29 is 4.74 Å². The molecule has 2 rings (SSSR count). The van der Waals surface area contributed by atoms with Gasteiger partial charge in [-0.25, -0.2) is 0 Å². The molecule has 0 atom stereocenters. The van der Waals surface area contributed by atoms with E-state index in [9.17, 15) is 0 Å². The highest BCUT2D eigenvalue weighted by molar-refractivity contribution is 9.10. The number of rotatable bonds is 4. The molecule has 0 radical (unpaired) electrons. The second-order valence-electron chi connectivity index (χ2n) is 4.41. The summed E-state index contributed by atoms with van der Waals surface area (Å²) in [5, 5.41) is 11.6. The molecule has 100 valence electrons. The zero-order chi connectivity index (χ0) is 14.0. The molecule has 0 spiro atoms. The van der Waals surface area contributed by atoms with Gasteiger partial charge in [0, 0.05) is 16.1 Å². The fraction of sp³-hybridized carbons (Fsp3) is 0.231. The lowest BCUT2D eigenvalue weighted by Crippen LogP contribution is -2.11. The van der Waals surface area contributed by atoms with Crippen molar-refractivity contribution >= 4 is 21.8 Å². The maximum atomic E-state index is 7.41. The van der Waals surface area contributed by atoms with Crippen molar-refractivity contribution in [3.05, 3.63) is 40.6 Å². The summed E-state index contributed by atoms with van der Waals surface area (Å²) in [6, 6.07) is 5.59. The van der Waals surface area contributed by atoms with Crippen LogP contribution in [0, 0.1) is 5.41 Å². The Kier molecular flexibility index (Phi) is 3.90. The molecular weight excluding hydrogens is 308 g/mol. The minimum Gasteiger partial charge on any atom is -0.454 e. The monoisotopic (exact) mass is 322 g/mol. The molecule has 3 N–H and O–H groups in total. The summed E-state index contributed by atoms with van der Waals surface area (Å²) >= 11 is 3.37. The Labute approximate surface area is 120 Å². The number of hydrogen-bond donors (Lipinski definition) is 2. The first-order valence-corrected chi connectivity index (χ1v) is 6.62. The third-order valence-electron chi connectivity index (χ3n) is 2.57. The van der Waals surface area contributed by atoms with E-state index in [1.165, 1.54) is 0 Å². The fourth-order valence-corrected chi connectivity index (χ4v) is 2.14. The van der Waals surface area contributed by atoms with E-state index in [-0.39, 0.29) is 5.84 Å². The van der Waals surface area contributed by atoms with E-state index in [1.54, 1.807) is 24.4 Å². The van der Waals surface area contributed by atoms with Crippen LogP contribution >= 0.6 is 15.9 Å². The average molecular weight is 323 g/mol. The molecule has 0 aliphatic carbocycles. The second-order valence-corrected chi connectivity index (χ2v) is 5.26. The van der Waals surface area contributed by atoms with Gasteiger partial charge in [-0.15, -0.1) is 0 Å². The number of amidine groups is 1. The SMILES string of the molecule is CC(C)n1cc(Oc2ccc(C(=N)N)c(Br)c2)cn1. The van der Waals surface area contributed by atoms with E-state index in [4.69, 9.17) is 15.9 Å². The first-order valence-electron chi connectivity index (χ1n) is 5.83. The van der Waals surface area contributed by atoms with E-state index < -0.39 is 0 Å². The lowest BCUT2D eigenvalue weighted by atomic mass is 10.2. The maximum Gasteiger partial charge on any atom is 0.165 e. The number of nitrogens with one attached hydrogen (secondary N) is 1. The molecular formula is C13H15BrN4O. The summed E-state index contributed by atoms with van der Waals surface area (Å²) in [7, 11) is 0. The Hall–Kier alpha value is -1.82. The summed E-state index contributed by atoms with van der Waals surface area (Å²) < 4.78 is 8.26. The molecule has 0 aliphatic rings. The summed E-state index contributed by atoms with van der Waals surface area (Å²) in [5.41, 5.74) is 6.10. The lowest BCUT2D eigenvalue weighted by Gasteiger charge is -2.07. The van der Waals surface area contributed by atoms with Crippen LogP contribution in [0.5, 0.6) is 11.5 Å². The Balaban J connectivity index is 2.19. The molecule has 0 saturated heterocycles. The van der Waals surface area contributed by atoms with Crippen LogP contribution in [0.2, 0.25) is 0 Å².